The molecule has 1 amide bonds. The first-order chi connectivity index (χ1) is 11.6. The average Bonchev–Trinajstić information content (AvgIpc) is 2.60. The Bertz CT molecular complexity index is 595. The maximum Gasteiger partial charge on any atom is 0.410 e. The van der Waals surface area contributed by atoms with Crippen molar-refractivity contribution in [2.45, 2.75) is 26.0 Å². The van der Waals surface area contributed by atoms with Gasteiger partial charge in [-0.3, -0.25) is 0 Å². The van der Waals surface area contributed by atoms with Gasteiger partial charge in [-0.1, -0.05) is 19.6 Å². The Morgan fingerprint density at radius 3 is 3.00 bits per heavy atom. The Kier molecular flexibility index (Phi) is 6.54. The van der Waals surface area contributed by atoms with Gasteiger partial charge in [0.15, 0.2) is 11.6 Å². The van der Waals surface area contributed by atoms with Gasteiger partial charge in [-0.25, -0.2) is 13.6 Å². The summed E-state index contributed by atoms with van der Waals surface area (Å²) in [7, 11) is 0. The summed E-state index contributed by atoms with van der Waals surface area (Å²) in [4.78, 5) is 13.8. The van der Waals surface area contributed by atoms with Gasteiger partial charge >= 0.3 is 6.09 Å². The number of nitrogens with one attached hydrogen (secondary N) is 1. The third kappa shape index (κ3) is 4.23. The molecule has 24 heavy (non-hydrogen) atoms. The molecule has 1 heterocycles. The van der Waals surface area contributed by atoms with Crippen molar-refractivity contribution in [1.29, 1.82) is 0 Å². The van der Waals surface area contributed by atoms with E-state index in [0.29, 0.717) is 19.6 Å². The molecule has 1 atom stereocenters. The van der Waals surface area contributed by atoms with Crippen molar-refractivity contribution < 1.29 is 23.0 Å². The minimum absolute atomic E-state index is 0.0169. The second-order valence-corrected chi connectivity index (χ2v) is 5.45. The lowest BCUT2D eigenvalue weighted by Crippen LogP contribution is -2.53. The Morgan fingerprint density at radius 2 is 2.29 bits per heavy atom. The standard InChI is InChI=1S/C17H22F2N2O3/c1-3-9-23-15-6-5-14(18)13(16(15)19)11-24-17(22)21-8-7-20-10-12(21)4-2/h3,5-6,12,20H,1,4,7-11H2,2H3. The summed E-state index contributed by atoms with van der Waals surface area (Å²) in [5, 5.41) is 3.20. The molecule has 5 nitrogen and oxygen atoms in total. The van der Waals surface area contributed by atoms with Crippen LogP contribution in [0.2, 0.25) is 0 Å². The monoisotopic (exact) mass is 340 g/mol. The van der Waals surface area contributed by atoms with Crippen molar-refractivity contribution in [1.82, 2.24) is 10.2 Å². The van der Waals surface area contributed by atoms with Crippen molar-refractivity contribution in [3.63, 3.8) is 0 Å². The van der Waals surface area contributed by atoms with Gasteiger partial charge in [-0.05, 0) is 18.6 Å². The predicted octanol–water partition coefficient (Wildman–Crippen LogP) is 2.85. The van der Waals surface area contributed by atoms with Crippen molar-refractivity contribution >= 4 is 6.09 Å². The van der Waals surface area contributed by atoms with E-state index >= 15 is 0 Å². The van der Waals surface area contributed by atoms with Crippen LogP contribution >= 0.6 is 0 Å². The maximum atomic E-state index is 14.3. The van der Waals surface area contributed by atoms with E-state index in [0.717, 1.165) is 12.5 Å². The third-order valence-corrected chi connectivity index (χ3v) is 3.90. The number of carbonyl (C=O) groups excluding carboxylic acids is 1. The minimum atomic E-state index is -0.864. The normalized spacial score (nSPS) is 17.5. The van der Waals surface area contributed by atoms with Crippen LogP contribution in [0, 0.1) is 11.6 Å². The van der Waals surface area contributed by atoms with Gasteiger partial charge in [0.2, 0.25) is 0 Å². The summed E-state index contributed by atoms with van der Waals surface area (Å²) in [5.74, 6) is -1.74. The molecule has 1 aliphatic heterocycles. The van der Waals surface area contributed by atoms with E-state index in [9.17, 15) is 13.6 Å². The smallest absolute Gasteiger partial charge is 0.410 e. The highest BCUT2D eigenvalue weighted by Crippen LogP contribution is 2.24. The number of piperazine rings is 1. The number of halogens is 2. The summed E-state index contributed by atoms with van der Waals surface area (Å²) in [6.07, 6.45) is 1.66. The molecule has 1 unspecified atom stereocenters. The summed E-state index contributed by atoms with van der Waals surface area (Å²) in [6, 6.07) is 2.30. The van der Waals surface area contributed by atoms with Crippen LogP contribution in [0.25, 0.3) is 0 Å². The summed E-state index contributed by atoms with van der Waals surface area (Å²) >= 11 is 0. The summed E-state index contributed by atoms with van der Waals surface area (Å²) in [6.45, 7) is 6.90. The Hall–Kier alpha value is -2.15. The van der Waals surface area contributed by atoms with Crippen LogP contribution in [0.15, 0.2) is 24.8 Å². The zero-order valence-corrected chi connectivity index (χ0v) is 13.7. The fraction of sp³-hybridized carbons (Fsp3) is 0.471. The molecule has 1 fully saturated rings. The van der Waals surface area contributed by atoms with Gasteiger partial charge in [0, 0.05) is 25.7 Å². The minimum Gasteiger partial charge on any atom is -0.486 e. The van der Waals surface area contributed by atoms with Crippen LogP contribution in [-0.4, -0.2) is 43.3 Å². The first kappa shape index (κ1) is 18.2. The van der Waals surface area contributed by atoms with Gasteiger partial charge in [-0.15, -0.1) is 0 Å². The molecule has 0 aliphatic carbocycles. The molecule has 0 radical (unpaired) electrons. The lowest BCUT2D eigenvalue weighted by Gasteiger charge is -2.34. The topological polar surface area (TPSA) is 50.8 Å². The second-order valence-electron chi connectivity index (χ2n) is 5.45. The Morgan fingerprint density at radius 1 is 1.50 bits per heavy atom. The van der Waals surface area contributed by atoms with E-state index in [1.165, 1.54) is 12.1 Å². The molecule has 1 aromatic carbocycles. The molecule has 7 heteroatoms. The van der Waals surface area contributed by atoms with Crippen molar-refractivity contribution in [3.8, 4) is 5.75 Å². The first-order valence-electron chi connectivity index (χ1n) is 7.93. The predicted molar refractivity (Wildman–Crippen MR) is 85.9 cm³/mol. The SMILES string of the molecule is C=CCOc1ccc(F)c(COC(=O)N2CCNCC2CC)c1F. The van der Waals surface area contributed by atoms with Crippen LogP contribution in [0.3, 0.4) is 0 Å². The highest BCUT2D eigenvalue weighted by molar-refractivity contribution is 5.68. The van der Waals surface area contributed by atoms with Crippen molar-refractivity contribution in [2.75, 3.05) is 26.2 Å². The van der Waals surface area contributed by atoms with Crippen molar-refractivity contribution in [3.05, 3.63) is 42.0 Å². The molecule has 1 aromatic rings. The van der Waals surface area contributed by atoms with Gasteiger partial charge in [0.05, 0.1) is 5.56 Å². The largest absolute Gasteiger partial charge is 0.486 e. The van der Waals surface area contributed by atoms with Crippen LogP contribution < -0.4 is 10.1 Å². The fourth-order valence-corrected chi connectivity index (χ4v) is 2.55. The maximum absolute atomic E-state index is 14.3. The molecule has 1 saturated heterocycles. The van der Waals surface area contributed by atoms with E-state index in [-0.39, 0.29) is 24.0 Å². The van der Waals surface area contributed by atoms with Crippen LogP contribution in [-0.2, 0) is 11.3 Å². The second kappa shape index (κ2) is 8.63. The number of hydrogen-bond donors (Lipinski definition) is 1. The zero-order chi connectivity index (χ0) is 17.5. The highest BCUT2D eigenvalue weighted by atomic mass is 19.1. The molecular weight excluding hydrogens is 318 g/mol. The van der Waals surface area contributed by atoms with Gasteiger partial charge < -0.3 is 19.7 Å². The Labute approximate surface area is 140 Å². The van der Waals surface area contributed by atoms with Gasteiger partial charge in [0.1, 0.15) is 19.0 Å². The van der Waals surface area contributed by atoms with Crippen LogP contribution in [0.1, 0.15) is 18.9 Å². The number of rotatable bonds is 6. The van der Waals surface area contributed by atoms with Crippen LogP contribution in [0.4, 0.5) is 13.6 Å². The Balaban J connectivity index is 2.05. The molecule has 2 rings (SSSR count). The van der Waals surface area contributed by atoms with Gasteiger partial charge in [0.25, 0.3) is 0 Å². The summed E-state index contributed by atoms with van der Waals surface area (Å²) in [5.41, 5.74) is -0.326. The number of benzene rings is 1. The van der Waals surface area contributed by atoms with E-state index in [4.69, 9.17) is 9.47 Å². The lowest BCUT2D eigenvalue weighted by molar-refractivity contribution is 0.0697. The number of carbonyl (C=O) groups is 1. The number of ether oxygens (including phenoxy) is 2. The molecule has 1 aliphatic rings. The van der Waals surface area contributed by atoms with E-state index in [2.05, 4.69) is 11.9 Å². The van der Waals surface area contributed by atoms with E-state index in [1.54, 1.807) is 4.90 Å². The summed E-state index contributed by atoms with van der Waals surface area (Å²) < 4.78 is 38.4. The van der Waals surface area contributed by atoms with Crippen molar-refractivity contribution in [2.24, 2.45) is 0 Å². The molecule has 132 valence electrons. The van der Waals surface area contributed by atoms with Crippen LogP contribution in [0.5, 0.6) is 5.75 Å². The molecule has 1 N–H and O–H groups in total. The quantitative estimate of drug-likeness (QED) is 0.809. The highest BCUT2D eigenvalue weighted by Gasteiger charge is 2.27. The molecule has 0 aromatic heterocycles. The fourth-order valence-electron chi connectivity index (χ4n) is 2.55. The number of hydrogen-bond acceptors (Lipinski definition) is 4. The van der Waals surface area contributed by atoms with Gasteiger partial charge in [-0.2, -0.15) is 0 Å². The molecular formula is C17H22F2N2O3. The van der Waals surface area contributed by atoms with E-state index < -0.39 is 24.3 Å². The molecule has 0 saturated carbocycles. The lowest BCUT2D eigenvalue weighted by atomic mass is 10.1. The molecule has 0 spiro atoms. The first-order valence-corrected chi connectivity index (χ1v) is 7.93. The molecule has 0 bridgehead atoms. The number of nitrogens with zero attached hydrogens (tertiary/aromatic N) is 1. The average molecular weight is 340 g/mol. The third-order valence-electron chi connectivity index (χ3n) is 3.90. The zero-order valence-electron chi connectivity index (χ0n) is 13.7. The number of amides is 1. The van der Waals surface area contributed by atoms with E-state index in [1.807, 2.05) is 6.92 Å².